The summed E-state index contributed by atoms with van der Waals surface area (Å²) in [7, 11) is 5.94. The molecule has 0 aromatic rings. The molecule has 0 bridgehead atoms. The van der Waals surface area contributed by atoms with Gasteiger partial charge in [-0.2, -0.15) is 0 Å². The van der Waals surface area contributed by atoms with Gasteiger partial charge in [-0.1, -0.05) is 254 Å². The van der Waals surface area contributed by atoms with Gasteiger partial charge >= 0.3 is 17.9 Å². The SMILES string of the molecule is CC/C=C\C/C=C\C/C=C\C/C=C\CCC(=O)OC(COC(=O)CCCCCCCCCCCCCCCCCCCCCCCCC/C=C\CCCCCCCCCC)COC(OCC[N+](C)(C)C)C(=O)O. The van der Waals surface area contributed by atoms with Crippen LogP contribution in [-0.4, -0.2) is 87.4 Å². The van der Waals surface area contributed by atoms with Crippen molar-refractivity contribution >= 4 is 17.9 Å². The Hall–Kier alpha value is -3.01. The van der Waals surface area contributed by atoms with E-state index in [1.165, 1.54) is 193 Å². The molecule has 0 fully saturated rings. The first-order valence-electron chi connectivity index (χ1n) is 30.5. The number of quaternary nitrogens is 1. The predicted octanol–water partition coefficient (Wildman–Crippen LogP) is 18.0. The van der Waals surface area contributed by atoms with Crippen molar-refractivity contribution in [3.63, 3.8) is 0 Å². The van der Waals surface area contributed by atoms with Gasteiger partial charge in [0.25, 0.3) is 6.29 Å². The fourth-order valence-electron chi connectivity index (χ4n) is 8.61. The number of carboxylic acids is 1. The Kier molecular flexibility index (Phi) is 53.0. The quantitative estimate of drug-likeness (QED) is 0.0211. The summed E-state index contributed by atoms with van der Waals surface area (Å²) in [5.74, 6) is -2.11. The van der Waals surface area contributed by atoms with Crippen molar-refractivity contribution < 1.29 is 42.9 Å². The Labute approximate surface area is 450 Å². The van der Waals surface area contributed by atoms with Crippen molar-refractivity contribution in [2.45, 2.75) is 283 Å². The van der Waals surface area contributed by atoms with Crippen LogP contribution in [0.25, 0.3) is 0 Å². The Balaban J connectivity index is 4.00. The molecule has 0 radical (unpaired) electrons. The third-order valence-corrected chi connectivity index (χ3v) is 13.3. The van der Waals surface area contributed by atoms with Gasteiger partial charge < -0.3 is 28.5 Å². The molecule has 0 spiro atoms. The van der Waals surface area contributed by atoms with Crippen molar-refractivity contribution in [1.82, 2.24) is 0 Å². The van der Waals surface area contributed by atoms with E-state index in [1.807, 2.05) is 33.3 Å². The maximum atomic E-state index is 12.8. The molecular weight excluding hydrogens is 911 g/mol. The molecule has 2 atom stereocenters. The molecule has 1 N–H and O–H groups in total. The molecule has 0 aromatic heterocycles. The maximum Gasteiger partial charge on any atom is 0.361 e. The van der Waals surface area contributed by atoms with Crippen LogP contribution in [0.4, 0.5) is 0 Å². The minimum Gasteiger partial charge on any atom is -0.477 e. The van der Waals surface area contributed by atoms with E-state index in [1.54, 1.807) is 0 Å². The fourth-order valence-corrected chi connectivity index (χ4v) is 8.61. The van der Waals surface area contributed by atoms with E-state index in [0.29, 0.717) is 17.4 Å². The lowest BCUT2D eigenvalue weighted by molar-refractivity contribution is -0.870. The zero-order valence-electron chi connectivity index (χ0n) is 48.3. The summed E-state index contributed by atoms with van der Waals surface area (Å²) in [6.45, 7) is 4.69. The molecule has 9 heteroatoms. The zero-order chi connectivity index (χ0) is 53.4. The summed E-state index contributed by atoms with van der Waals surface area (Å²) >= 11 is 0. The maximum absolute atomic E-state index is 12.8. The molecule has 2 unspecified atom stereocenters. The highest BCUT2D eigenvalue weighted by atomic mass is 16.7. The predicted molar refractivity (Wildman–Crippen MR) is 309 cm³/mol. The smallest absolute Gasteiger partial charge is 0.361 e. The third-order valence-electron chi connectivity index (χ3n) is 13.3. The lowest BCUT2D eigenvalue weighted by Crippen LogP contribution is -2.40. The van der Waals surface area contributed by atoms with Gasteiger partial charge in [-0.05, 0) is 64.2 Å². The van der Waals surface area contributed by atoms with Gasteiger partial charge in [0.15, 0.2) is 6.10 Å². The molecule has 0 saturated heterocycles. The van der Waals surface area contributed by atoms with E-state index in [-0.39, 0.29) is 38.6 Å². The number of esters is 2. The number of likely N-dealkylation sites (N-methyl/N-ethyl adjacent to an activating group) is 1. The molecule has 0 heterocycles. The summed E-state index contributed by atoms with van der Waals surface area (Å²) < 4.78 is 22.7. The number of carbonyl (C=O) groups excluding carboxylic acids is 2. The van der Waals surface area contributed by atoms with E-state index < -0.39 is 24.3 Å². The standard InChI is InChI=1S/C64H115NO8/c1-6-8-10-12-14-16-18-20-21-22-23-24-25-26-27-28-29-30-31-32-33-34-35-36-37-38-39-40-41-43-44-46-48-50-52-54-61(66)71-58-60(59-72-64(63(68)69)70-57-56-65(3,4)5)73-62(67)55-53-51-49-47-45-42-19-17-15-13-11-9-7-2/h9,11,15,17,22-23,42,45,49,51,60,64H,6-8,10,12-14,16,18-21,24-41,43-44,46-48,50,52-59H2,1-5H3/p+1/b11-9-,17-15-,23-22-,45-42-,51-49-. The lowest BCUT2D eigenvalue weighted by Gasteiger charge is -2.25. The van der Waals surface area contributed by atoms with Crippen LogP contribution in [0.2, 0.25) is 0 Å². The monoisotopic (exact) mass is 1030 g/mol. The van der Waals surface area contributed by atoms with Crippen LogP contribution in [-0.2, 0) is 33.3 Å². The first-order valence-corrected chi connectivity index (χ1v) is 30.5. The average Bonchev–Trinajstić information content (AvgIpc) is 3.36. The van der Waals surface area contributed by atoms with Crippen molar-refractivity contribution in [3.05, 3.63) is 60.8 Å². The van der Waals surface area contributed by atoms with E-state index in [4.69, 9.17) is 18.9 Å². The van der Waals surface area contributed by atoms with E-state index in [9.17, 15) is 19.5 Å². The molecule has 0 saturated carbocycles. The first kappa shape index (κ1) is 70.0. The van der Waals surface area contributed by atoms with Gasteiger partial charge in [0.1, 0.15) is 13.2 Å². The van der Waals surface area contributed by atoms with E-state index in [2.05, 4.69) is 62.5 Å². The third kappa shape index (κ3) is 56.6. The second-order valence-electron chi connectivity index (χ2n) is 21.6. The van der Waals surface area contributed by atoms with Crippen LogP contribution in [0.1, 0.15) is 271 Å². The normalized spacial score (nSPS) is 13.2. The van der Waals surface area contributed by atoms with Crippen LogP contribution in [0, 0.1) is 0 Å². The van der Waals surface area contributed by atoms with Gasteiger partial charge in [0.2, 0.25) is 0 Å². The minimum atomic E-state index is -1.53. The van der Waals surface area contributed by atoms with Gasteiger partial charge in [-0.15, -0.1) is 0 Å². The molecule has 0 aliphatic heterocycles. The van der Waals surface area contributed by atoms with Crippen molar-refractivity contribution in [2.75, 3.05) is 47.5 Å². The number of allylic oxidation sites excluding steroid dienone is 10. The molecule has 0 aliphatic rings. The Morgan fingerprint density at radius 2 is 0.808 bits per heavy atom. The van der Waals surface area contributed by atoms with Crippen LogP contribution < -0.4 is 0 Å². The zero-order valence-corrected chi connectivity index (χ0v) is 48.3. The number of ether oxygens (including phenoxy) is 4. The number of carbonyl (C=O) groups is 3. The lowest BCUT2D eigenvalue weighted by atomic mass is 10.0. The van der Waals surface area contributed by atoms with Crippen LogP contribution >= 0.6 is 0 Å². The van der Waals surface area contributed by atoms with Gasteiger partial charge in [-0.3, -0.25) is 9.59 Å². The molecule has 73 heavy (non-hydrogen) atoms. The minimum absolute atomic E-state index is 0.139. The second-order valence-corrected chi connectivity index (χ2v) is 21.6. The van der Waals surface area contributed by atoms with Gasteiger partial charge in [0, 0.05) is 12.8 Å². The Bertz CT molecular complexity index is 1380. The Morgan fingerprint density at radius 3 is 1.22 bits per heavy atom. The fraction of sp³-hybridized carbons (Fsp3) is 0.797. The van der Waals surface area contributed by atoms with Gasteiger partial charge in [0.05, 0.1) is 34.4 Å². The largest absolute Gasteiger partial charge is 0.477 e. The summed E-state index contributed by atoms with van der Waals surface area (Å²) in [6.07, 6.45) is 68.0. The highest BCUT2D eigenvalue weighted by Gasteiger charge is 2.25. The molecule has 424 valence electrons. The van der Waals surface area contributed by atoms with Crippen LogP contribution in [0.3, 0.4) is 0 Å². The topological polar surface area (TPSA) is 108 Å². The number of nitrogens with zero attached hydrogens (tertiary/aromatic N) is 1. The van der Waals surface area contributed by atoms with Crippen molar-refractivity contribution in [3.8, 4) is 0 Å². The number of rotatable bonds is 56. The number of carboxylic acid groups (broad SMARTS) is 1. The number of hydrogen-bond donors (Lipinski definition) is 1. The number of aliphatic carboxylic acids is 1. The van der Waals surface area contributed by atoms with Crippen molar-refractivity contribution in [1.29, 1.82) is 0 Å². The number of unbranched alkanes of at least 4 members (excludes halogenated alkanes) is 31. The average molecular weight is 1030 g/mol. The molecule has 0 aliphatic carbocycles. The summed E-state index contributed by atoms with van der Waals surface area (Å²) in [4.78, 5) is 37.3. The summed E-state index contributed by atoms with van der Waals surface area (Å²) in [6, 6.07) is 0. The highest BCUT2D eigenvalue weighted by molar-refractivity contribution is 5.71. The first-order chi connectivity index (χ1) is 35.6. The molecule has 0 amide bonds. The van der Waals surface area contributed by atoms with Crippen LogP contribution in [0.5, 0.6) is 0 Å². The molecular formula is C64H116NO8+. The summed E-state index contributed by atoms with van der Waals surface area (Å²) in [5, 5.41) is 9.67. The molecule has 0 rings (SSSR count). The van der Waals surface area contributed by atoms with Crippen molar-refractivity contribution in [2.24, 2.45) is 0 Å². The highest BCUT2D eigenvalue weighted by Crippen LogP contribution is 2.17. The molecule has 0 aromatic carbocycles. The van der Waals surface area contributed by atoms with Crippen LogP contribution in [0.15, 0.2) is 60.8 Å². The van der Waals surface area contributed by atoms with E-state index >= 15 is 0 Å². The summed E-state index contributed by atoms with van der Waals surface area (Å²) in [5.41, 5.74) is 0. The number of hydrogen-bond acceptors (Lipinski definition) is 7. The Morgan fingerprint density at radius 1 is 0.425 bits per heavy atom. The molecule has 9 nitrogen and oxygen atoms in total. The second kappa shape index (κ2) is 55.2. The van der Waals surface area contributed by atoms with E-state index in [0.717, 1.165) is 44.9 Å². The van der Waals surface area contributed by atoms with Gasteiger partial charge in [-0.25, -0.2) is 4.79 Å².